The van der Waals surface area contributed by atoms with Crippen molar-refractivity contribution in [3.63, 3.8) is 0 Å². The maximum atomic E-state index is 6.40. The van der Waals surface area contributed by atoms with Crippen molar-refractivity contribution in [1.82, 2.24) is 4.57 Å². The van der Waals surface area contributed by atoms with Crippen LogP contribution in [0.1, 0.15) is 6.92 Å². The molecule has 3 nitrogen and oxygen atoms in total. The Bertz CT molecular complexity index is 2190. The number of aromatic nitrogens is 1. The van der Waals surface area contributed by atoms with Crippen LogP contribution in [0.4, 0.5) is 0 Å². The lowest BCUT2D eigenvalue weighted by Crippen LogP contribution is -2.57. The second-order valence-electron chi connectivity index (χ2n) is 11.3. The second-order valence-corrected chi connectivity index (χ2v) is 11.3. The lowest BCUT2D eigenvalue weighted by atomic mass is 9.35. The summed E-state index contributed by atoms with van der Waals surface area (Å²) in [5, 5.41) is 2.54. The van der Waals surface area contributed by atoms with Gasteiger partial charge in [0.25, 0.3) is 6.71 Å². The average Bonchev–Trinajstić information content (AvgIpc) is 3.43. The van der Waals surface area contributed by atoms with Gasteiger partial charge < -0.3 is 14.0 Å². The molecule has 0 radical (unpaired) electrons. The highest BCUT2D eigenvalue weighted by Crippen LogP contribution is 2.36. The zero-order valence-corrected chi connectivity index (χ0v) is 25.0. The quantitative estimate of drug-likeness (QED) is 0.154. The first-order valence-electron chi connectivity index (χ1n) is 15.3. The van der Waals surface area contributed by atoms with Crippen LogP contribution >= 0.6 is 0 Å². The zero-order valence-electron chi connectivity index (χ0n) is 25.0. The van der Waals surface area contributed by atoms with Crippen LogP contribution in [0.2, 0.25) is 0 Å². The minimum Gasteiger partial charge on any atom is -0.458 e. The maximum absolute atomic E-state index is 6.40. The smallest absolute Gasteiger partial charge is 0.260 e. The fourth-order valence-electron chi connectivity index (χ4n) is 6.70. The van der Waals surface area contributed by atoms with Crippen molar-refractivity contribution in [2.75, 3.05) is 0 Å². The summed E-state index contributed by atoms with van der Waals surface area (Å²) in [7, 11) is 0. The standard InChI is InChI=1S/C36H22BNO2.C5H8/c1-4-11-30-26(8-1)27-9-2-5-12-31(27)38(30)25-19-16-23(17-20-25)24-18-21-33-29(22-24)37-28-10-3-6-13-32(28)39-34-14-7-15-35(40-33)36(34)37;1-3-5-4-2/h1-22H;3-5H,1H2,2H3/b;5-4-. The molecule has 0 saturated carbocycles. The van der Waals surface area contributed by atoms with E-state index in [1.54, 1.807) is 6.08 Å². The topological polar surface area (TPSA) is 23.4 Å². The van der Waals surface area contributed by atoms with Crippen LogP contribution < -0.4 is 25.9 Å². The number of fused-ring (bicyclic) bond motifs is 7. The molecule has 0 unspecified atom stereocenters. The van der Waals surface area contributed by atoms with Gasteiger partial charge in [-0.2, -0.15) is 0 Å². The van der Waals surface area contributed by atoms with E-state index in [-0.39, 0.29) is 6.71 Å². The third-order valence-electron chi connectivity index (χ3n) is 8.67. The van der Waals surface area contributed by atoms with Crippen molar-refractivity contribution in [1.29, 1.82) is 0 Å². The largest absolute Gasteiger partial charge is 0.458 e. The Morgan fingerprint density at radius 3 is 1.80 bits per heavy atom. The van der Waals surface area contributed by atoms with Gasteiger partial charge in [-0.15, -0.1) is 0 Å². The number of nitrogens with zero attached hydrogens (tertiary/aromatic N) is 1. The Hall–Kier alpha value is -5.74. The van der Waals surface area contributed by atoms with Gasteiger partial charge in [0.2, 0.25) is 0 Å². The molecule has 2 aliphatic rings. The summed E-state index contributed by atoms with van der Waals surface area (Å²) < 4.78 is 15.0. The minimum absolute atomic E-state index is 0.0664. The summed E-state index contributed by atoms with van der Waals surface area (Å²) in [5.41, 5.74) is 9.37. The molecule has 0 N–H and O–H groups in total. The molecule has 1 aromatic heterocycles. The van der Waals surface area contributed by atoms with Gasteiger partial charge in [-0.3, -0.25) is 0 Å². The normalized spacial score (nSPS) is 12.4. The summed E-state index contributed by atoms with van der Waals surface area (Å²) in [6.07, 6.45) is 5.58. The number of allylic oxidation sites excluding steroid dienone is 3. The van der Waals surface area contributed by atoms with Crippen molar-refractivity contribution >= 4 is 44.9 Å². The first-order chi connectivity index (χ1) is 22.2. The van der Waals surface area contributed by atoms with E-state index in [1.165, 1.54) is 43.9 Å². The van der Waals surface area contributed by atoms with E-state index in [0.717, 1.165) is 34.1 Å². The average molecular weight is 580 g/mol. The lowest BCUT2D eigenvalue weighted by molar-refractivity contribution is 0.464. The van der Waals surface area contributed by atoms with Crippen molar-refractivity contribution < 1.29 is 9.47 Å². The molecule has 0 bridgehead atoms. The van der Waals surface area contributed by atoms with E-state index in [9.17, 15) is 0 Å². The molecule has 2 aliphatic heterocycles. The second kappa shape index (κ2) is 11.1. The molecule has 9 rings (SSSR count). The number of para-hydroxylation sites is 3. The molecule has 214 valence electrons. The highest BCUT2D eigenvalue weighted by Gasteiger charge is 2.39. The van der Waals surface area contributed by atoms with E-state index in [1.807, 2.05) is 43.3 Å². The fourth-order valence-corrected chi connectivity index (χ4v) is 6.70. The van der Waals surface area contributed by atoms with Crippen LogP contribution in [0.3, 0.4) is 0 Å². The first-order valence-corrected chi connectivity index (χ1v) is 15.3. The Labute approximate surface area is 263 Å². The summed E-state index contributed by atoms with van der Waals surface area (Å²) in [6, 6.07) is 47.1. The molecule has 3 heterocycles. The molecule has 0 atom stereocenters. The summed E-state index contributed by atoms with van der Waals surface area (Å²) in [6.45, 7) is 5.49. The Morgan fingerprint density at radius 1 is 0.578 bits per heavy atom. The Morgan fingerprint density at radius 2 is 1.16 bits per heavy atom. The zero-order chi connectivity index (χ0) is 30.3. The van der Waals surface area contributed by atoms with Gasteiger partial charge in [-0.25, -0.2) is 0 Å². The van der Waals surface area contributed by atoms with Gasteiger partial charge in [0.05, 0.1) is 11.0 Å². The van der Waals surface area contributed by atoms with Crippen molar-refractivity contribution in [2.45, 2.75) is 6.92 Å². The van der Waals surface area contributed by atoms with E-state index in [0.29, 0.717) is 0 Å². The fraction of sp³-hybridized carbons (Fsp3) is 0.0244. The first kappa shape index (κ1) is 26.9. The molecule has 0 saturated heterocycles. The van der Waals surface area contributed by atoms with Crippen LogP contribution in [0, 0.1) is 0 Å². The summed E-state index contributed by atoms with van der Waals surface area (Å²) in [5.74, 6) is 3.54. The molecular formula is C41H30BNO2. The number of hydrogen-bond acceptors (Lipinski definition) is 2. The van der Waals surface area contributed by atoms with Crippen LogP contribution in [-0.4, -0.2) is 11.3 Å². The van der Waals surface area contributed by atoms with Gasteiger partial charge >= 0.3 is 0 Å². The third kappa shape index (κ3) is 4.46. The van der Waals surface area contributed by atoms with Crippen LogP contribution in [0.25, 0.3) is 38.6 Å². The number of hydrogen-bond donors (Lipinski definition) is 0. The van der Waals surface area contributed by atoms with Gasteiger partial charge in [-0.05, 0) is 77.5 Å². The number of ether oxygens (including phenoxy) is 2. The molecule has 0 fully saturated rings. The third-order valence-corrected chi connectivity index (χ3v) is 8.67. The van der Waals surface area contributed by atoms with E-state index < -0.39 is 0 Å². The molecule has 0 spiro atoms. The molecule has 4 heteroatoms. The lowest BCUT2D eigenvalue weighted by Gasteiger charge is -2.33. The van der Waals surface area contributed by atoms with Crippen LogP contribution in [0.5, 0.6) is 23.0 Å². The van der Waals surface area contributed by atoms with Gasteiger partial charge in [0, 0.05) is 21.9 Å². The summed E-state index contributed by atoms with van der Waals surface area (Å²) in [4.78, 5) is 0. The van der Waals surface area contributed by atoms with Crippen molar-refractivity contribution in [3.8, 4) is 39.8 Å². The minimum atomic E-state index is 0.0664. The van der Waals surface area contributed by atoms with E-state index >= 15 is 0 Å². The Balaban J connectivity index is 0.000000560. The van der Waals surface area contributed by atoms with Gasteiger partial charge in [0.15, 0.2) is 0 Å². The van der Waals surface area contributed by atoms with Gasteiger partial charge in [-0.1, -0.05) is 110 Å². The monoisotopic (exact) mass is 579 g/mol. The Kier molecular flexibility index (Phi) is 6.61. The van der Waals surface area contributed by atoms with E-state index in [2.05, 4.69) is 120 Å². The molecule has 7 aromatic rings. The predicted octanol–water partition coefficient (Wildman–Crippen LogP) is 8.93. The van der Waals surface area contributed by atoms with Crippen LogP contribution in [0.15, 0.2) is 158 Å². The number of rotatable bonds is 3. The van der Waals surface area contributed by atoms with Crippen LogP contribution in [-0.2, 0) is 0 Å². The molecule has 0 aliphatic carbocycles. The highest BCUT2D eigenvalue weighted by molar-refractivity contribution is 6.98. The number of benzene rings is 6. The highest BCUT2D eigenvalue weighted by atomic mass is 16.5. The van der Waals surface area contributed by atoms with E-state index in [4.69, 9.17) is 9.47 Å². The molecule has 0 amide bonds. The van der Waals surface area contributed by atoms with Crippen molar-refractivity contribution in [3.05, 3.63) is 158 Å². The molecule has 6 aromatic carbocycles. The molecular weight excluding hydrogens is 549 g/mol. The SMILES string of the molecule is C=C/C=C\C.c1ccc2c(c1)Oc1cccc3c1B2c1cc(-c2ccc(-n4c5ccccc5c5ccccc54)cc2)ccc1O3. The summed E-state index contributed by atoms with van der Waals surface area (Å²) >= 11 is 0. The predicted molar refractivity (Wildman–Crippen MR) is 189 cm³/mol. The molecule has 45 heavy (non-hydrogen) atoms. The maximum Gasteiger partial charge on any atom is 0.260 e. The van der Waals surface area contributed by atoms with Gasteiger partial charge in [0.1, 0.15) is 23.0 Å². The van der Waals surface area contributed by atoms with Crippen molar-refractivity contribution in [2.24, 2.45) is 0 Å².